The lowest BCUT2D eigenvalue weighted by Crippen LogP contribution is -2.37. The lowest BCUT2D eigenvalue weighted by Gasteiger charge is -2.09. The molecule has 0 saturated heterocycles. The van der Waals surface area contributed by atoms with Crippen LogP contribution in [0.4, 0.5) is 0 Å². The summed E-state index contributed by atoms with van der Waals surface area (Å²) in [5.41, 5.74) is 2.23. The molecule has 2 N–H and O–H groups in total. The number of aromatic nitrogens is 2. The Morgan fingerprint density at radius 3 is 2.87 bits per heavy atom. The van der Waals surface area contributed by atoms with Crippen LogP contribution < -0.4 is 10.6 Å². The fourth-order valence-electron chi connectivity index (χ4n) is 2.37. The van der Waals surface area contributed by atoms with Crippen molar-refractivity contribution in [2.24, 2.45) is 4.99 Å². The van der Waals surface area contributed by atoms with E-state index in [1.165, 1.54) is 5.52 Å². The highest BCUT2D eigenvalue weighted by Gasteiger charge is 2.05. The average molecular weight is 425 g/mol. The minimum absolute atomic E-state index is 0. The molecule has 2 aromatic rings. The van der Waals surface area contributed by atoms with Gasteiger partial charge in [-0.25, -0.2) is 4.98 Å². The van der Waals surface area contributed by atoms with Crippen molar-refractivity contribution in [2.75, 3.05) is 19.6 Å². The molecule has 1 heterocycles. The second kappa shape index (κ2) is 10.1. The van der Waals surface area contributed by atoms with Gasteiger partial charge in [0.1, 0.15) is 5.82 Å². The molecule has 0 amide bonds. The summed E-state index contributed by atoms with van der Waals surface area (Å²) in [7, 11) is 0. The lowest BCUT2D eigenvalue weighted by molar-refractivity contribution is 0.646. The van der Waals surface area contributed by atoms with Gasteiger partial charge in [-0.2, -0.15) is 0 Å². The first-order valence-corrected chi connectivity index (χ1v) is 7.63. The molecule has 0 unspecified atom stereocenters. The van der Waals surface area contributed by atoms with E-state index in [9.17, 15) is 0 Å². The first-order chi connectivity index (χ1) is 10.8. The Labute approximate surface area is 155 Å². The first-order valence-electron chi connectivity index (χ1n) is 7.63. The summed E-state index contributed by atoms with van der Waals surface area (Å²) in [6.45, 7) is 7.03. The first kappa shape index (κ1) is 19.3. The number of imidazole rings is 1. The number of guanidine groups is 1. The van der Waals surface area contributed by atoms with Gasteiger partial charge < -0.3 is 15.2 Å². The van der Waals surface area contributed by atoms with Gasteiger partial charge in [-0.1, -0.05) is 18.1 Å². The molecule has 23 heavy (non-hydrogen) atoms. The van der Waals surface area contributed by atoms with Crippen molar-refractivity contribution in [1.29, 1.82) is 0 Å². The zero-order valence-electron chi connectivity index (χ0n) is 13.7. The Morgan fingerprint density at radius 2 is 2.13 bits per heavy atom. The minimum Gasteiger partial charge on any atom is -0.357 e. The molecular formula is C17H24IN5. The smallest absolute Gasteiger partial charge is 0.192 e. The normalized spacial score (nSPS) is 10.9. The molecule has 0 radical (unpaired) electrons. The maximum Gasteiger partial charge on any atom is 0.192 e. The maximum atomic E-state index is 5.26. The molecule has 0 aliphatic carbocycles. The topological polar surface area (TPSA) is 54.2 Å². The van der Waals surface area contributed by atoms with Crippen LogP contribution in [0, 0.1) is 19.3 Å². The van der Waals surface area contributed by atoms with Crippen molar-refractivity contribution in [3.05, 3.63) is 30.1 Å². The summed E-state index contributed by atoms with van der Waals surface area (Å²) in [6, 6.07) is 8.22. The average Bonchev–Trinajstić information content (AvgIpc) is 2.84. The van der Waals surface area contributed by atoms with Gasteiger partial charge >= 0.3 is 0 Å². The summed E-state index contributed by atoms with van der Waals surface area (Å²) in [5, 5.41) is 6.26. The second-order valence-electron chi connectivity index (χ2n) is 4.97. The molecule has 0 aliphatic heterocycles. The summed E-state index contributed by atoms with van der Waals surface area (Å²) < 4.78 is 2.24. The number of halogens is 1. The third-order valence-corrected chi connectivity index (χ3v) is 3.36. The molecular weight excluding hydrogens is 401 g/mol. The molecule has 0 bridgehead atoms. The standard InChI is InChI=1S/C17H23N5.HI/c1-4-11-19-17(18-5-2)20-12-8-13-22-14(3)21-15-9-6-7-10-16(15)22;/h1,6-7,9-10H,5,8,11-13H2,2-3H3,(H2,18,19,20);1H. The Hall–Kier alpha value is -1.75. The molecule has 1 aromatic carbocycles. The highest BCUT2D eigenvalue weighted by Crippen LogP contribution is 2.15. The number of terminal acetylenes is 1. The van der Waals surface area contributed by atoms with Gasteiger partial charge in [0.2, 0.25) is 0 Å². The van der Waals surface area contributed by atoms with E-state index in [0.29, 0.717) is 6.54 Å². The number of rotatable bonds is 6. The fourth-order valence-corrected chi connectivity index (χ4v) is 2.37. The van der Waals surface area contributed by atoms with Gasteiger partial charge in [0.25, 0.3) is 0 Å². The van der Waals surface area contributed by atoms with E-state index in [1.54, 1.807) is 0 Å². The predicted octanol–water partition coefficient (Wildman–Crippen LogP) is 2.54. The monoisotopic (exact) mass is 425 g/mol. The van der Waals surface area contributed by atoms with Crippen LogP contribution in [0.5, 0.6) is 0 Å². The lowest BCUT2D eigenvalue weighted by atomic mass is 10.3. The Bertz CT molecular complexity index is 684. The van der Waals surface area contributed by atoms with Gasteiger partial charge in [-0.15, -0.1) is 30.4 Å². The fraction of sp³-hybridized carbons (Fsp3) is 0.412. The maximum absolute atomic E-state index is 5.26. The van der Waals surface area contributed by atoms with Gasteiger partial charge in [0.15, 0.2) is 5.96 Å². The quantitative estimate of drug-likeness (QED) is 0.246. The van der Waals surface area contributed by atoms with Gasteiger partial charge in [-0.05, 0) is 32.4 Å². The molecule has 0 fully saturated rings. The van der Waals surface area contributed by atoms with Gasteiger partial charge in [0, 0.05) is 19.6 Å². The van der Waals surface area contributed by atoms with Crippen LogP contribution >= 0.6 is 24.0 Å². The number of aryl methyl sites for hydroxylation is 2. The van der Waals surface area contributed by atoms with E-state index in [4.69, 9.17) is 6.42 Å². The molecule has 6 heteroatoms. The van der Waals surface area contributed by atoms with E-state index in [0.717, 1.165) is 43.4 Å². The Kier molecular flexibility index (Phi) is 8.48. The Balaban J connectivity index is 0.00000264. The van der Waals surface area contributed by atoms with E-state index >= 15 is 0 Å². The third kappa shape index (κ3) is 5.43. The highest BCUT2D eigenvalue weighted by atomic mass is 127. The highest BCUT2D eigenvalue weighted by molar-refractivity contribution is 14.0. The molecule has 0 spiro atoms. The summed E-state index contributed by atoms with van der Waals surface area (Å²) in [5.74, 6) is 4.37. The van der Waals surface area contributed by atoms with Crippen molar-refractivity contribution in [1.82, 2.24) is 20.2 Å². The number of hydrogen-bond donors (Lipinski definition) is 2. The van der Waals surface area contributed by atoms with Gasteiger partial charge in [0.05, 0.1) is 17.6 Å². The molecule has 5 nitrogen and oxygen atoms in total. The van der Waals surface area contributed by atoms with E-state index in [-0.39, 0.29) is 24.0 Å². The molecule has 0 atom stereocenters. The van der Waals surface area contributed by atoms with Crippen LogP contribution in [0.25, 0.3) is 11.0 Å². The van der Waals surface area contributed by atoms with E-state index in [1.807, 2.05) is 32.0 Å². The summed E-state index contributed by atoms with van der Waals surface area (Å²) in [4.78, 5) is 9.10. The molecule has 2 rings (SSSR count). The number of benzene rings is 1. The van der Waals surface area contributed by atoms with Crippen LogP contribution in [-0.4, -0.2) is 35.1 Å². The van der Waals surface area contributed by atoms with Crippen LogP contribution in [-0.2, 0) is 6.54 Å². The summed E-state index contributed by atoms with van der Waals surface area (Å²) in [6.07, 6.45) is 6.21. The van der Waals surface area contributed by atoms with Gasteiger partial charge in [-0.3, -0.25) is 4.99 Å². The molecule has 0 aliphatic rings. The van der Waals surface area contributed by atoms with Crippen molar-refractivity contribution in [2.45, 2.75) is 26.8 Å². The number of aliphatic imine (C=N–C) groups is 1. The molecule has 124 valence electrons. The van der Waals surface area contributed by atoms with Crippen molar-refractivity contribution in [3.8, 4) is 12.3 Å². The Morgan fingerprint density at radius 1 is 1.35 bits per heavy atom. The number of nitrogens with one attached hydrogen (secondary N) is 2. The van der Waals surface area contributed by atoms with Crippen LogP contribution in [0.3, 0.4) is 0 Å². The van der Waals surface area contributed by atoms with Crippen molar-refractivity contribution in [3.63, 3.8) is 0 Å². The molecule has 0 saturated carbocycles. The van der Waals surface area contributed by atoms with Crippen molar-refractivity contribution >= 4 is 41.0 Å². The third-order valence-electron chi connectivity index (χ3n) is 3.36. The van der Waals surface area contributed by atoms with Crippen LogP contribution in [0.2, 0.25) is 0 Å². The van der Waals surface area contributed by atoms with E-state index in [2.05, 4.69) is 37.2 Å². The number of para-hydroxylation sites is 2. The predicted molar refractivity (Wildman–Crippen MR) is 107 cm³/mol. The molecule has 1 aromatic heterocycles. The number of nitrogens with zero attached hydrogens (tertiary/aromatic N) is 3. The zero-order chi connectivity index (χ0) is 15.8. The largest absolute Gasteiger partial charge is 0.357 e. The SMILES string of the molecule is C#CCNC(=NCCCn1c(C)nc2ccccc21)NCC.I. The van der Waals surface area contributed by atoms with Crippen LogP contribution in [0.15, 0.2) is 29.3 Å². The second-order valence-corrected chi connectivity index (χ2v) is 4.97. The van der Waals surface area contributed by atoms with Crippen molar-refractivity contribution < 1.29 is 0 Å². The van der Waals surface area contributed by atoms with E-state index < -0.39 is 0 Å². The van der Waals surface area contributed by atoms with Crippen LogP contribution in [0.1, 0.15) is 19.2 Å². The minimum atomic E-state index is 0. The number of fused-ring (bicyclic) bond motifs is 1. The summed E-state index contributed by atoms with van der Waals surface area (Å²) >= 11 is 0. The number of hydrogen-bond acceptors (Lipinski definition) is 2. The zero-order valence-corrected chi connectivity index (χ0v) is 16.0.